The lowest BCUT2D eigenvalue weighted by molar-refractivity contribution is -0.137. The van der Waals surface area contributed by atoms with E-state index in [9.17, 15) is 18.3 Å². The predicted molar refractivity (Wildman–Crippen MR) is 107 cm³/mol. The summed E-state index contributed by atoms with van der Waals surface area (Å²) in [6, 6.07) is 3.79. The van der Waals surface area contributed by atoms with Gasteiger partial charge in [0, 0.05) is 30.9 Å². The van der Waals surface area contributed by atoms with Crippen LogP contribution in [0.4, 0.5) is 19.2 Å². The zero-order chi connectivity index (χ0) is 22.6. The van der Waals surface area contributed by atoms with Crippen molar-refractivity contribution in [1.82, 2.24) is 19.9 Å². The molecule has 5 rings (SSSR count). The number of ether oxygens (including phenoxy) is 1. The first-order chi connectivity index (χ1) is 15.2. The highest BCUT2D eigenvalue weighted by Crippen LogP contribution is 2.39. The van der Waals surface area contributed by atoms with Crippen LogP contribution < -0.4 is 9.64 Å². The van der Waals surface area contributed by atoms with Gasteiger partial charge in [0.1, 0.15) is 5.75 Å². The minimum Gasteiger partial charge on any atom is -0.507 e. The van der Waals surface area contributed by atoms with Crippen LogP contribution in [0.3, 0.4) is 0 Å². The third-order valence-electron chi connectivity index (χ3n) is 5.27. The molecule has 0 radical (unpaired) electrons. The Labute approximate surface area is 179 Å². The molecule has 1 N–H and O–H groups in total. The van der Waals surface area contributed by atoms with Crippen molar-refractivity contribution >= 4 is 17.4 Å². The fourth-order valence-corrected chi connectivity index (χ4v) is 3.74. The van der Waals surface area contributed by atoms with E-state index in [4.69, 9.17) is 9.15 Å². The first-order valence-electron chi connectivity index (χ1n) is 9.54. The predicted octanol–water partition coefficient (Wildman–Crippen LogP) is 4.24. The molecular formula is C21H16F3N5O3. The van der Waals surface area contributed by atoms with Gasteiger partial charge in [0.15, 0.2) is 0 Å². The van der Waals surface area contributed by atoms with E-state index in [1.165, 1.54) is 13.1 Å². The van der Waals surface area contributed by atoms with Gasteiger partial charge >= 0.3 is 12.2 Å². The molecule has 0 amide bonds. The number of aromatic hydroxyl groups is 1. The number of aromatic nitrogens is 4. The van der Waals surface area contributed by atoms with Crippen LogP contribution in [0.25, 0.3) is 22.6 Å². The first-order valence-corrected chi connectivity index (χ1v) is 9.54. The van der Waals surface area contributed by atoms with E-state index in [1.54, 1.807) is 13.3 Å². The molecule has 4 heterocycles. The van der Waals surface area contributed by atoms with Crippen molar-refractivity contribution in [3.05, 3.63) is 52.8 Å². The highest BCUT2D eigenvalue weighted by molar-refractivity contribution is 5.76. The second-order valence-corrected chi connectivity index (χ2v) is 7.42. The Hall–Kier alpha value is -3.89. The molecule has 0 atom stereocenters. The molecule has 0 saturated heterocycles. The highest BCUT2D eigenvalue weighted by atomic mass is 19.4. The first kappa shape index (κ1) is 20.0. The number of anilines is 1. The monoisotopic (exact) mass is 443 g/mol. The summed E-state index contributed by atoms with van der Waals surface area (Å²) >= 11 is 0. The van der Waals surface area contributed by atoms with Crippen LogP contribution in [0, 0.1) is 6.92 Å². The quantitative estimate of drug-likeness (QED) is 0.502. The molecule has 1 aliphatic heterocycles. The number of phenolic OH excluding ortho intramolecular Hbond substituents is 1. The van der Waals surface area contributed by atoms with Crippen LogP contribution in [0.5, 0.6) is 11.6 Å². The van der Waals surface area contributed by atoms with E-state index in [0.29, 0.717) is 31.1 Å². The fourth-order valence-electron chi connectivity index (χ4n) is 3.74. The molecule has 0 fully saturated rings. The minimum atomic E-state index is -4.57. The molecule has 0 spiro atoms. The van der Waals surface area contributed by atoms with Gasteiger partial charge in [0.2, 0.25) is 11.5 Å². The molecule has 1 aliphatic rings. The second kappa shape index (κ2) is 7.08. The Morgan fingerprint density at radius 2 is 1.84 bits per heavy atom. The van der Waals surface area contributed by atoms with Gasteiger partial charge in [-0.15, -0.1) is 0 Å². The zero-order valence-electron chi connectivity index (χ0n) is 16.9. The van der Waals surface area contributed by atoms with E-state index in [2.05, 4.69) is 19.9 Å². The molecule has 11 heteroatoms. The Morgan fingerprint density at radius 1 is 1.06 bits per heavy atom. The molecule has 3 aromatic heterocycles. The summed E-state index contributed by atoms with van der Waals surface area (Å²) in [4.78, 5) is 19.0. The molecule has 0 aliphatic carbocycles. The van der Waals surface area contributed by atoms with Crippen molar-refractivity contribution in [2.45, 2.75) is 26.2 Å². The molecule has 0 bridgehead atoms. The zero-order valence-corrected chi connectivity index (χ0v) is 16.9. The van der Waals surface area contributed by atoms with E-state index >= 15 is 0 Å². The number of halogens is 3. The molecule has 1 aromatic carbocycles. The van der Waals surface area contributed by atoms with Gasteiger partial charge in [-0.3, -0.25) is 0 Å². The van der Waals surface area contributed by atoms with Gasteiger partial charge in [-0.25, -0.2) is 15.0 Å². The third-order valence-corrected chi connectivity index (χ3v) is 5.27. The van der Waals surface area contributed by atoms with E-state index in [1.807, 2.05) is 11.0 Å². The molecule has 0 saturated carbocycles. The maximum Gasteiger partial charge on any atom is 0.416 e. The van der Waals surface area contributed by atoms with E-state index < -0.39 is 17.5 Å². The molecule has 0 unspecified atom stereocenters. The Morgan fingerprint density at radius 3 is 2.56 bits per heavy atom. The van der Waals surface area contributed by atoms with Crippen LogP contribution in [-0.2, 0) is 19.3 Å². The molecule has 32 heavy (non-hydrogen) atoms. The summed E-state index contributed by atoms with van der Waals surface area (Å²) in [6.07, 6.45) is -1.49. The average molecular weight is 443 g/mol. The van der Waals surface area contributed by atoms with E-state index in [-0.39, 0.29) is 28.2 Å². The Balaban J connectivity index is 1.48. The number of fused-ring (bicyclic) bond motifs is 2. The Bertz CT molecular complexity index is 1330. The van der Waals surface area contributed by atoms with Crippen LogP contribution in [0.1, 0.15) is 22.3 Å². The molecule has 164 valence electrons. The number of nitrogens with zero attached hydrogens (tertiary/aromatic N) is 5. The van der Waals surface area contributed by atoms with Crippen LogP contribution in [0.2, 0.25) is 0 Å². The number of hydrogen-bond acceptors (Lipinski definition) is 8. The van der Waals surface area contributed by atoms with Gasteiger partial charge < -0.3 is 19.2 Å². The summed E-state index contributed by atoms with van der Waals surface area (Å²) in [7, 11) is 1.55. The smallest absolute Gasteiger partial charge is 0.416 e. The number of benzene rings is 1. The Kier molecular flexibility index (Phi) is 4.43. The number of oxazole rings is 1. The van der Waals surface area contributed by atoms with Crippen LogP contribution in [-0.4, -0.2) is 32.2 Å². The van der Waals surface area contributed by atoms with Crippen molar-refractivity contribution in [3.63, 3.8) is 0 Å². The van der Waals surface area contributed by atoms with Crippen molar-refractivity contribution in [3.8, 4) is 22.9 Å². The molecule has 4 aromatic rings. The van der Waals surface area contributed by atoms with Crippen LogP contribution >= 0.6 is 0 Å². The maximum absolute atomic E-state index is 13.0. The lowest BCUT2D eigenvalue weighted by atomic mass is 10.0. The number of alkyl halides is 3. The van der Waals surface area contributed by atoms with Crippen molar-refractivity contribution < 1.29 is 27.4 Å². The highest BCUT2D eigenvalue weighted by Gasteiger charge is 2.32. The van der Waals surface area contributed by atoms with Gasteiger partial charge in [-0.2, -0.15) is 18.2 Å². The molecular weight excluding hydrogens is 427 g/mol. The maximum atomic E-state index is 13.0. The fraction of sp³-hybridized carbons (Fsp3) is 0.238. The number of pyridine rings is 1. The lowest BCUT2D eigenvalue weighted by Gasteiger charge is -2.12. The number of phenols is 1. The minimum absolute atomic E-state index is 0.156. The SMILES string of the molecule is COc1cc2c(cn1)CN(c1nc3nc(-c4c(C)cc(C(F)(F)F)cc4O)cnc3o1)C2. The van der Waals surface area contributed by atoms with E-state index in [0.717, 1.165) is 17.2 Å². The average Bonchev–Trinajstić information content (AvgIpc) is 3.35. The summed E-state index contributed by atoms with van der Waals surface area (Å²) in [5.74, 6) is -0.0195. The van der Waals surface area contributed by atoms with Gasteiger partial charge in [0.05, 0.1) is 24.6 Å². The lowest BCUT2D eigenvalue weighted by Crippen LogP contribution is -2.14. The third kappa shape index (κ3) is 3.35. The number of rotatable bonds is 3. The number of aryl methyl sites for hydroxylation is 1. The van der Waals surface area contributed by atoms with Gasteiger partial charge in [0.25, 0.3) is 5.71 Å². The number of hydrogen-bond donors (Lipinski definition) is 1. The largest absolute Gasteiger partial charge is 0.507 e. The topological polar surface area (TPSA) is 97.4 Å². The summed E-state index contributed by atoms with van der Waals surface area (Å²) in [5, 5.41) is 10.2. The van der Waals surface area contributed by atoms with Crippen molar-refractivity contribution in [2.24, 2.45) is 0 Å². The van der Waals surface area contributed by atoms with Gasteiger partial charge in [-0.05, 0) is 35.7 Å². The second-order valence-electron chi connectivity index (χ2n) is 7.42. The van der Waals surface area contributed by atoms with Crippen molar-refractivity contribution in [2.75, 3.05) is 12.0 Å². The van der Waals surface area contributed by atoms with Crippen molar-refractivity contribution in [1.29, 1.82) is 0 Å². The van der Waals surface area contributed by atoms with Gasteiger partial charge in [-0.1, -0.05) is 0 Å². The number of methoxy groups -OCH3 is 1. The standard InChI is InChI=1S/C21H16F3N5O3/c1-10-3-13(21(22,23)24)5-15(30)17(10)14-7-26-19-18(27-14)28-20(32-19)29-8-11-4-16(31-2)25-6-12(11)9-29/h3-7,30H,8-9H2,1-2H3. The van der Waals surface area contributed by atoms with Crippen LogP contribution in [0.15, 0.2) is 35.0 Å². The normalized spacial score (nSPS) is 13.6. The summed E-state index contributed by atoms with van der Waals surface area (Å²) < 4.78 is 49.9. The molecule has 8 nitrogen and oxygen atoms in total. The summed E-state index contributed by atoms with van der Waals surface area (Å²) in [5.41, 5.74) is 2.04. The summed E-state index contributed by atoms with van der Waals surface area (Å²) in [6.45, 7) is 2.53.